The Morgan fingerprint density at radius 3 is 0.963 bits per heavy atom. The maximum absolute atomic E-state index is 14.2. The number of ketones is 1. The molecule has 0 fully saturated rings. The second-order valence-electron chi connectivity index (χ2n) is 17.6. The molecule has 0 N–H and O–H groups in total. The lowest BCUT2D eigenvalue weighted by atomic mass is 9.12. The van der Waals surface area contributed by atoms with E-state index in [-0.39, 0.29) is 18.9 Å². The van der Waals surface area contributed by atoms with Crippen molar-refractivity contribution >= 4 is 50.5 Å². The summed E-state index contributed by atoms with van der Waals surface area (Å²) in [4.78, 5) is 25.0. The molecule has 0 spiro atoms. The van der Waals surface area contributed by atoms with Gasteiger partial charge in [0.15, 0.2) is 6.20 Å². The lowest BCUT2D eigenvalue weighted by Gasteiger charge is -2.46. The molecule has 1 heterocycles. The smallest absolute Gasteiger partial charge is 0.416 e. The van der Waals surface area contributed by atoms with Crippen LogP contribution in [0.15, 0.2) is 140 Å². The number of alkyl halides is 24. The monoisotopic (exact) mass is 1180 g/mol. The Kier molecular flexibility index (Phi) is 16.9. The van der Waals surface area contributed by atoms with Crippen molar-refractivity contribution in [3.63, 3.8) is 0 Å². The van der Waals surface area contributed by atoms with Crippen LogP contribution in [0.1, 0.15) is 72.3 Å². The quantitative estimate of drug-likeness (QED) is 0.0476. The third kappa shape index (κ3) is 14.1. The molecule has 0 saturated carbocycles. The number of rotatable bonds is 9. The number of halogens is 24. The number of benzene rings is 6. The van der Waals surface area contributed by atoms with Crippen LogP contribution in [0.4, 0.5) is 105 Å². The maximum atomic E-state index is 14.2. The van der Waals surface area contributed by atoms with Crippen LogP contribution < -0.4 is 26.4 Å². The summed E-state index contributed by atoms with van der Waals surface area (Å²) in [5.41, 5.74) is -29.2. The highest BCUT2D eigenvalue weighted by molar-refractivity contribution is 7.20. The Morgan fingerprint density at radius 1 is 0.395 bits per heavy atom. The molecule has 0 aliphatic rings. The van der Waals surface area contributed by atoms with Crippen LogP contribution in [-0.2, 0) is 60.7 Å². The average Bonchev–Trinajstić information content (AvgIpc) is 3.50. The van der Waals surface area contributed by atoms with Crippen molar-refractivity contribution in [1.29, 1.82) is 0 Å². The van der Waals surface area contributed by atoms with E-state index >= 15 is 0 Å². The molecule has 0 aliphatic heterocycles. The average molecular weight is 1180 g/mol. The van der Waals surface area contributed by atoms with Crippen molar-refractivity contribution in [2.75, 3.05) is 6.61 Å². The third-order valence-electron chi connectivity index (χ3n) is 12.3. The van der Waals surface area contributed by atoms with Crippen molar-refractivity contribution in [3.05, 3.63) is 195 Å². The minimum absolute atomic E-state index is 0.0542. The Morgan fingerprint density at radius 2 is 0.679 bits per heavy atom. The molecule has 4 nitrogen and oxygen atoms in total. The maximum Gasteiger partial charge on any atom is 0.416 e. The lowest BCUT2D eigenvalue weighted by Crippen LogP contribution is -2.75. The van der Waals surface area contributed by atoms with Crippen molar-refractivity contribution < 1.29 is 124 Å². The summed E-state index contributed by atoms with van der Waals surface area (Å²) < 4.78 is 348. The topological polar surface area (TPSA) is 47.2 Å². The number of fused-ring (bicyclic) bond motifs is 1. The van der Waals surface area contributed by atoms with Crippen LogP contribution in [0.3, 0.4) is 0 Å². The summed E-state index contributed by atoms with van der Waals surface area (Å²) in [5.74, 6) is -0.475. The Balaban J connectivity index is 0.000000363. The molecule has 0 amide bonds. The third-order valence-corrected chi connectivity index (χ3v) is 12.3. The molecule has 0 saturated heterocycles. The second kappa shape index (κ2) is 22.0. The van der Waals surface area contributed by atoms with E-state index in [9.17, 15) is 115 Å². The first-order valence-corrected chi connectivity index (χ1v) is 22.5. The van der Waals surface area contributed by atoms with Gasteiger partial charge in [0, 0.05) is 11.6 Å². The molecule has 0 unspecified atom stereocenters. The van der Waals surface area contributed by atoms with Gasteiger partial charge in [-0.3, -0.25) is 4.79 Å². The fourth-order valence-corrected chi connectivity index (χ4v) is 8.76. The predicted octanol–water partition coefficient (Wildman–Crippen LogP) is 14.4. The Bertz CT molecular complexity index is 3020. The van der Waals surface area contributed by atoms with Crippen LogP contribution in [0.2, 0.25) is 0 Å². The summed E-state index contributed by atoms with van der Waals surface area (Å²) in [6, 6.07) is 9.73. The van der Waals surface area contributed by atoms with Crippen LogP contribution in [-0.4, -0.2) is 24.5 Å². The molecule has 0 aliphatic carbocycles. The molecule has 0 radical (unpaired) electrons. The molecule has 29 heteroatoms. The van der Waals surface area contributed by atoms with E-state index in [0.29, 0.717) is 11.3 Å². The van der Waals surface area contributed by atoms with Gasteiger partial charge in [-0.05, 0) is 42.6 Å². The van der Waals surface area contributed by atoms with E-state index in [2.05, 4.69) is 0 Å². The number of ether oxygens (including phenoxy) is 1. The van der Waals surface area contributed by atoms with Gasteiger partial charge in [-0.1, -0.05) is 97.1 Å². The Hall–Kier alpha value is -7.75. The van der Waals surface area contributed by atoms with Gasteiger partial charge >= 0.3 is 55.4 Å². The van der Waals surface area contributed by atoms with Crippen molar-refractivity contribution in [2.45, 2.75) is 62.9 Å². The van der Waals surface area contributed by atoms with Crippen molar-refractivity contribution in [2.24, 2.45) is 0 Å². The van der Waals surface area contributed by atoms with E-state index in [4.69, 9.17) is 4.74 Å². The van der Waals surface area contributed by atoms with Gasteiger partial charge in [0.05, 0.1) is 56.5 Å². The molecule has 1 aromatic heterocycles. The number of carbonyl (C=O) groups excluding carboxylic acids is 2. The standard InChI is InChI=1S/C32H12BF24.C20H18NO3/c34-25(35,36)13-1-14(26(37,38)39)6-21(5-13)33(22-7-15(27(40,41)42)2-16(8-22)28(43,44)45,23-9-17(29(46,47)48)3-18(10-23)30(49,50)51)24-11-19(31(52,53)54)4-20(12-24)32(55,56)57;1-2-24-20(23)19-17-11-7-6-8-15(17)12-13-21(19)14-18(22)16-9-4-3-5-10-16/h1-12H;3-13H,2,14H2,1H3/q-1;+1. The van der Waals surface area contributed by atoms with Gasteiger partial charge in [0.25, 0.3) is 5.69 Å². The van der Waals surface area contributed by atoms with E-state index in [0.717, 1.165) is 10.8 Å². The first kappa shape index (κ1) is 62.5. The Labute approximate surface area is 439 Å². The highest BCUT2D eigenvalue weighted by atomic mass is 19.4. The SMILES string of the molecule is CCOC(=O)c1c2ccccc2cc[n+]1CC(=O)c1ccccc1.FC(F)(F)c1cc([B-](c2cc(C(F)(F)F)cc(C(F)(F)F)c2)(c2cc(C(F)(F)F)cc(C(F)(F)F)c2)c2cc(C(F)(F)F)cc(C(F)(F)F)c2)cc(C(F)(F)F)c1. The number of hydrogen-bond acceptors (Lipinski definition) is 3. The first-order chi connectivity index (χ1) is 37.0. The number of nitrogens with zero attached hydrogens (tertiary/aromatic N) is 1. The fraction of sp³-hybridized carbons (Fsp3) is 0.212. The van der Waals surface area contributed by atoms with E-state index in [1.54, 1.807) is 29.8 Å². The lowest BCUT2D eigenvalue weighted by molar-refractivity contribution is -0.684. The summed E-state index contributed by atoms with van der Waals surface area (Å²) in [6.45, 7) is 2.14. The molecule has 0 atom stereocenters. The molecule has 432 valence electrons. The van der Waals surface area contributed by atoms with Gasteiger partial charge in [-0.2, -0.15) is 132 Å². The molecular weight excluding hydrogens is 1150 g/mol. The number of pyridine rings is 1. The zero-order chi connectivity index (χ0) is 60.9. The number of esters is 1. The molecule has 7 aromatic rings. The van der Waals surface area contributed by atoms with E-state index in [1.165, 1.54) is 0 Å². The van der Waals surface area contributed by atoms with Crippen LogP contribution in [0.5, 0.6) is 0 Å². The first-order valence-electron chi connectivity index (χ1n) is 22.5. The summed E-state index contributed by atoms with van der Waals surface area (Å²) in [5, 5.41) is 1.71. The van der Waals surface area contributed by atoms with Crippen molar-refractivity contribution in [1.82, 2.24) is 0 Å². The summed E-state index contributed by atoms with van der Waals surface area (Å²) in [6.07, 6.45) is -53.0. The molecular formula is C52H30BF24NO3. The predicted molar refractivity (Wildman–Crippen MR) is 241 cm³/mol. The van der Waals surface area contributed by atoms with Gasteiger partial charge in [-0.25, -0.2) is 4.79 Å². The van der Waals surface area contributed by atoms with Crippen molar-refractivity contribution in [3.8, 4) is 0 Å². The zero-order valence-corrected chi connectivity index (χ0v) is 40.0. The summed E-state index contributed by atoms with van der Waals surface area (Å²) in [7, 11) is 0. The molecule has 81 heavy (non-hydrogen) atoms. The van der Waals surface area contributed by atoms with Gasteiger partial charge in [-0.15, -0.1) is 0 Å². The number of Topliss-reactive ketones (excluding diaryl/α,β-unsaturated/α-hetero) is 1. The number of carbonyl (C=O) groups is 2. The van der Waals surface area contributed by atoms with E-state index in [1.807, 2.05) is 48.5 Å². The number of hydrogen-bond donors (Lipinski definition) is 0. The highest BCUT2D eigenvalue weighted by Gasteiger charge is 2.47. The van der Waals surface area contributed by atoms with E-state index < -0.39 is 201 Å². The number of aromatic nitrogens is 1. The minimum atomic E-state index is -6.13. The molecule has 7 rings (SSSR count). The van der Waals surface area contributed by atoms with Crippen LogP contribution >= 0.6 is 0 Å². The van der Waals surface area contributed by atoms with Gasteiger partial charge in [0.2, 0.25) is 12.3 Å². The van der Waals surface area contributed by atoms with Crippen LogP contribution in [0.25, 0.3) is 10.8 Å². The normalized spacial score (nSPS) is 13.2. The molecule has 6 aromatic carbocycles. The van der Waals surface area contributed by atoms with Gasteiger partial charge in [0.1, 0.15) is 6.15 Å². The minimum Gasteiger partial charge on any atom is -0.458 e. The summed E-state index contributed by atoms with van der Waals surface area (Å²) >= 11 is 0. The van der Waals surface area contributed by atoms with Crippen LogP contribution in [0, 0.1) is 0 Å². The fourth-order valence-electron chi connectivity index (χ4n) is 8.76. The molecule has 0 bridgehead atoms. The largest absolute Gasteiger partial charge is 0.458 e. The highest BCUT2D eigenvalue weighted by Crippen LogP contribution is 2.41. The second-order valence-corrected chi connectivity index (χ2v) is 17.6. The van der Waals surface area contributed by atoms with Gasteiger partial charge < -0.3 is 4.74 Å². The zero-order valence-electron chi connectivity index (χ0n) is 40.0.